The van der Waals surface area contributed by atoms with E-state index in [0.717, 1.165) is 35.5 Å². The van der Waals surface area contributed by atoms with Crippen molar-refractivity contribution in [3.05, 3.63) is 11.7 Å². The Balaban J connectivity index is 1.82. The van der Waals surface area contributed by atoms with Crippen molar-refractivity contribution in [2.75, 3.05) is 23.8 Å². The fourth-order valence-electron chi connectivity index (χ4n) is 1.58. The molecule has 0 aliphatic carbocycles. The van der Waals surface area contributed by atoms with E-state index >= 15 is 0 Å². The first kappa shape index (κ1) is 13.2. The lowest BCUT2D eigenvalue weighted by Gasteiger charge is -2.19. The monoisotopic (exact) mass is 273 g/mol. The van der Waals surface area contributed by atoms with E-state index in [1.807, 2.05) is 23.5 Å². The molecule has 0 radical (unpaired) electrons. The Morgan fingerprint density at radius 2 is 2.47 bits per heavy atom. The maximum atomic E-state index is 5.31. The lowest BCUT2D eigenvalue weighted by atomic mass is 10.3. The van der Waals surface area contributed by atoms with E-state index < -0.39 is 0 Å². The number of rotatable bonds is 5. The molecule has 6 heteroatoms. The third kappa shape index (κ3) is 4.19. The fourth-order valence-corrected chi connectivity index (χ4v) is 3.39. The standard InChI is InChI=1S/C11H19N3OS2/c1-8(2)5-17-7-10-13-11(15-14-10)9-6-16-4-3-12-9/h8-9,12H,3-7H2,1-2H3. The molecule has 2 heterocycles. The summed E-state index contributed by atoms with van der Waals surface area (Å²) in [7, 11) is 0. The minimum Gasteiger partial charge on any atom is -0.338 e. The van der Waals surface area contributed by atoms with Crippen LogP contribution in [-0.4, -0.2) is 33.9 Å². The first-order valence-electron chi connectivity index (χ1n) is 5.97. The Morgan fingerprint density at radius 3 is 3.18 bits per heavy atom. The van der Waals surface area contributed by atoms with Gasteiger partial charge in [-0.05, 0) is 11.7 Å². The highest BCUT2D eigenvalue weighted by atomic mass is 32.2. The molecule has 0 amide bonds. The number of thioether (sulfide) groups is 2. The van der Waals surface area contributed by atoms with Crippen molar-refractivity contribution in [2.24, 2.45) is 5.92 Å². The summed E-state index contributed by atoms with van der Waals surface area (Å²) in [4.78, 5) is 4.46. The molecular formula is C11H19N3OS2. The second-order valence-electron chi connectivity index (χ2n) is 4.54. The summed E-state index contributed by atoms with van der Waals surface area (Å²) < 4.78 is 5.31. The Morgan fingerprint density at radius 1 is 1.59 bits per heavy atom. The maximum Gasteiger partial charge on any atom is 0.244 e. The van der Waals surface area contributed by atoms with Crippen molar-refractivity contribution in [1.82, 2.24) is 15.5 Å². The fraction of sp³-hybridized carbons (Fsp3) is 0.818. The van der Waals surface area contributed by atoms with Gasteiger partial charge in [-0.3, -0.25) is 0 Å². The number of nitrogens with one attached hydrogen (secondary N) is 1. The zero-order valence-electron chi connectivity index (χ0n) is 10.3. The molecule has 17 heavy (non-hydrogen) atoms. The van der Waals surface area contributed by atoms with Crippen LogP contribution in [0.25, 0.3) is 0 Å². The van der Waals surface area contributed by atoms with E-state index in [2.05, 4.69) is 29.3 Å². The van der Waals surface area contributed by atoms with E-state index in [0.29, 0.717) is 5.92 Å². The summed E-state index contributed by atoms with van der Waals surface area (Å²) in [6.45, 7) is 5.46. The van der Waals surface area contributed by atoms with Crippen LogP contribution < -0.4 is 5.32 Å². The number of hydrogen-bond acceptors (Lipinski definition) is 6. The molecule has 1 aromatic rings. The molecule has 0 aromatic carbocycles. The van der Waals surface area contributed by atoms with Gasteiger partial charge in [-0.25, -0.2) is 0 Å². The van der Waals surface area contributed by atoms with Crippen molar-refractivity contribution >= 4 is 23.5 Å². The van der Waals surface area contributed by atoms with Crippen LogP contribution in [0.3, 0.4) is 0 Å². The van der Waals surface area contributed by atoms with Gasteiger partial charge in [-0.15, -0.1) is 0 Å². The third-order valence-corrected chi connectivity index (χ3v) is 4.81. The van der Waals surface area contributed by atoms with Crippen LogP contribution in [0.5, 0.6) is 0 Å². The van der Waals surface area contributed by atoms with Crippen LogP contribution >= 0.6 is 23.5 Å². The molecule has 96 valence electrons. The Labute approximate surface area is 111 Å². The highest BCUT2D eigenvalue weighted by molar-refractivity contribution is 7.99. The Bertz CT molecular complexity index is 337. The van der Waals surface area contributed by atoms with Gasteiger partial charge < -0.3 is 9.84 Å². The number of hydrogen-bond donors (Lipinski definition) is 1. The molecule has 1 unspecified atom stereocenters. The summed E-state index contributed by atoms with van der Waals surface area (Å²) >= 11 is 3.80. The molecule has 1 saturated heterocycles. The molecule has 1 N–H and O–H groups in total. The average Bonchev–Trinajstić information content (AvgIpc) is 2.78. The van der Waals surface area contributed by atoms with Gasteiger partial charge in [0.15, 0.2) is 5.82 Å². The first-order valence-corrected chi connectivity index (χ1v) is 8.28. The van der Waals surface area contributed by atoms with Gasteiger partial charge in [-0.2, -0.15) is 28.5 Å². The number of nitrogens with zero attached hydrogens (tertiary/aromatic N) is 2. The molecule has 0 bridgehead atoms. The van der Waals surface area contributed by atoms with Gasteiger partial charge in [0.05, 0.1) is 11.8 Å². The molecule has 0 spiro atoms. The van der Waals surface area contributed by atoms with E-state index in [1.54, 1.807) is 0 Å². The molecule has 2 rings (SSSR count). The summed E-state index contributed by atoms with van der Waals surface area (Å²) in [6, 6.07) is 0.241. The summed E-state index contributed by atoms with van der Waals surface area (Å²) in [6.07, 6.45) is 0. The summed E-state index contributed by atoms with van der Waals surface area (Å²) in [5.41, 5.74) is 0. The second-order valence-corrected chi connectivity index (χ2v) is 6.72. The summed E-state index contributed by atoms with van der Waals surface area (Å²) in [5, 5.41) is 7.43. The largest absolute Gasteiger partial charge is 0.338 e. The van der Waals surface area contributed by atoms with Crippen LogP contribution in [0.2, 0.25) is 0 Å². The maximum absolute atomic E-state index is 5.31. The van der Waals surface area contributed by atoms with Gasteiger partial charge in [0.1, 0.15) is 0 Å². The SMILES string of the molecule is CC(C)CSCc1noc(C2CSCCN2)n1. The first-order chi connectivity index (χ1) is 8.25. The third-order valence-electron chi connectivity index (χ3n) is 2.39. The normalized spacial score (nSPS) is 21.0. The lowest BCUT2D eigenvalue weighted by molar-refractivity contribution is 0.339. The van der Waals surface area contributed by atoms with E-state index in [1.165, 1.54) is 5.75 Å². The topological polar surface area (TPSA) is 51.0 Å². The van der Waals surface area contributed by atoms with Crippen molar-refractivity contribution in [3.63, 3.8) is 0 Å². The smallest absolute Gasteiger partial charge is 0.244 e. The predicted molar refractivity (Wildman–Crippen MR) is 73.4 cm³/mol. The molecule has 1 aliphatic heterocycles. The quantitative estimate of drug-likeness (QED) is 0.888. The number of aromatic nitrogens is 2. The molecule has 1 aliphatic rings. The molecule has 0 saturated carbocycles. The van der Waals surface area contributed by atoms with Gasteiger partial charge in [0.2, 0.25) is 5.89 Å². The minimum absolute atomic E-state index is 0.241. The van der Waals surface area contributed by atoms with Crippen LogP contribution in [-0.2, 0) is 5.75 Å². The molecule has 1 aromatic heterocycles. The van der Waals surface area contributed by atoms with Crippen LogP contribution in [0.4, 0.5) is 0 Å². The van der Waals surface area contributed by atoms with Crippen molar-refractivity contribution in [1.29, 1.82) is 0 Å². The molecule has 1 fully saturated rings. The Hall–Kier alpha value is -0.200. The van der Waals surface area contributed by atoms with Crippen molar-refractivity contribution < 1.29 is 4.52 Å². The zero-order chi connectivity index (χ0) is 12.1. The van der Waals surface area contributed by atoms with Crippen molar-refractivity contribution in [3.8, 4) is 0 Å². The second kappa shape index (κ2) is 6.66. The zero-order valence-corrected chi connectivity index (χ0v) is 11.9. The van der Waals surface area contributed by atoms with Gasteiger partial charge in [-0.1, -0.05) is 19.0 Å². The van der Waals surface area contributed by atoms with E-state index in [-0.39, 0.29) is 6.04 Å². The van der Waals surface area contributed by atoms with Crippen LogP contribution in [0, 0.1) is 5.92 Å². The van der Waals surface area contributed by atoms with Gasteiger partial charge in [0, 0.05) is 18.1 Å². The Kier molecular flexibility index (Phi) is 5.18. The van der Waals surface area contributed by atoms with Crippen LogP contribution in [0.15, 0.2) is 4.52 Å². The van der Waals surface area contributed by atoms with E-state index in [9.17, 15) is 0 Å². The highest BCUT2D eigenvalue weighted by Crippen LogP contribution is 2.21. The van der Waals surface area contributed by atoms with E-state index in [4.69, 9.17) is 4.52 Å². The van der Waals surface area contributed by atoms with Gasteiger partial charge in [0.25, 0.3) is 0 Å². The highest BCUT2D eigenvalue weighted by Gasteiger charge is 2.21. The lowest BCUT2D eigenvalue weighted by Crippen LogP contribution is -2.30. The molecular weight excluding hydrogens is 254 g/mol. The summed E-state index contributed by atoms with van der Waals surface area (Å²) in [5.74, 6) is 6.47. The minimum atomic E-state index is 0.241. The molecule has 1 atom stereocenters. The molecule has 4 nitrogen and oxygen atoms in total. The van der Waals surface area contributed by atoms with Crippen LogP contribution in [0.1, 0.15) is 31.6 Å². The predicted octanol–water partition coefficient (Wildman–Crippen LogP) is 2.34. The average molecular weight is 273 g/mol. The van der Waals surface area contributed by atoms with Gasteiger partial charge >= 0.3 is 0 Å². The van der Waals surface area contributed by atoms with Crippen molar-refractivity contribution in [2.45, 2.75) is 25.6 Å².